The van der Waals surface area contributed by atoms with Crippen molar-refractivity contribution in [1.29, 1.82) is 0 Å². The third kappa shape index (κ3) is 4.57. The molecule has 3 aromatic rings. The summed E-state index contributed by atoms with van der Waals surface area (Å²) in [5, 5.41) is 4.30. The summed E-state index contributed by atoms with van der Waals surface area (Å²) in [7, 11) is 1.64. The topological polar surface area (TPSA) is 58.8 Å². The molecule has 5 rings (SSSR count). The van der Waals surface area contributed by atoms with E-state index >= 15 is 0 Å². The van der Waals surface area contributed by atoms with E-state index in [4.69, 9.17) is 9.26 Å². The van der Waals surface area contributed by atoms with Crippen molar-refractivity contribution in [1.82, 2.24) is 15.0 Å². The summed E-state index contributed by atoms with van der Waals surface area (Å²) < 4.78 is 10.9. The Morgan fingerprint density at radius 1 is 1.06 bits per heavy atom. The maximum Gasteiger partial charge on any atom is 0.235 e. The highest BCUT2D eigenvalue weighted by molar-refractivity contribution is 5.91. The van der Waals surface area contributed by atoms with Crippen LogP contribution >= 0.6 is 0 Å². The fourth-order valence-electron chi connectivity index (χ4n) is 4.46. The molecule has 1 aliphatic carbocycles. The maximum atomic E-state index is 13.4. The zero-order valence-corrected chi connectivity index (χ0v) is 18.9. The van der Waals surface area contributed by atoms with Gasteiger partial charge in [0, 0.05) is 44.4 Å². The normalized spacial score (nSPS) is 17.9. The number of benzene rings is 2. The van der Waals surface area contributed by atoms with Crippen molar-refractivity contribution in [3.05, 3.63) is 78.0 Å². The molecule has 1 aliphatic heterocycles. The van der Waals surface area contributed by atoms with Crippen molar-refractivity contribution < 1.29 is 14.1 Å². The summed E-state index contributed by atoms with van der Waals surface area (Å²) in [4.78, 5) is 17.8. The van der Waals surface area contributed by atoms with Crippen molar-refractivity contribution in [3.8, 4) is 17.1 Å². The number of hydrogen-bond donors (Lipinski definition) is 0. The number of aromatic nitrogens is 1. The number of carbonyl (C=O) groups excluding carboxylic acids is 1. The highest BCUT2D eigenvalue weighted by Gasteiger charge is 2.55. The maximum absolute atomic E-state index is 13.4. The number of hydrogen-bond acceptors (Lipinski definition) is 5. The van der Waals surface area contributed by atoms with Gasteiger partial charge in [-0.1, -0.05) is 59.8 Å². The van der Waals surface area contributed by atoms with Crippen molar-refractivity contribution in [2.45, 2.75) is 18.3 Å². The fraction of sp³-hybridized carbons (Fsp3) is 0.333. The van der Waals surface area contributed by atoms with E-state index in [0.29, 0.717) is 5.76 Å². The first-order valence-corrected chi connectivity index (χ1v) is 11.5. The van der Waals surface area contributed by atoms with Crippen molar-refractivity contribution in [2.75, 3.05) is 39.8 Å². The number of piperazine rings is 1. The third-order valence-corrected chi connectivity index (χ3v) is 6.65. The minimum absolute atomic E-state index is 0.187. The molecule has 1 saturated heterocycles. The zero-order chi connectivity index (χ0) is 22.7. The molecule has 0 bridgehead atoms. The second-order valence-electron chi connectivity index (χ2n) is 8.80. The molecule has 0 spiro atoms. The first kappa shape index (κ1) is 21.5. The highest BCUT2D eigenvalue weighted by Crippen LogP contribution is 2.50. The van der Waals surface area contributed by atoms with E-state index in [1.54, 1.807) is 7.11 Å². The van der Waals surface area contributed by atoms with Crippen LogP contribution in [0.2, 0.25) is 0 Å². The fourth-order valence-corrected chi connectivity index (χ4v) is 4.46. The molecule has 0 unspecified atom stereocenters. The molecular weight excluding hydrogens is 414 g/mol. The van der Waals surface area contributed by atoms with Gasteiger partial charge in [0.2, 0.25) is 5.91 Å². The van der Waals surface area contributed by atoms with Crippen LogP contribution in [0.1, 0.15) is 24.1 Å². The van der Waals surface area contributed by atoms with E-state index < -0.39 is 5.41 Å². The van der Waals surface area contributed by atoms with Crippen LogP contribution in [0.5, 0.6) is 5.75 Å². The molecule has 170 valence electrons. The minimum Gasteiger partial charge on any atom is -0.497 e. The van der Waals surface area contributed by atoms with Gasteiger partial charge in [-0.15, -0.1) is 0 Å². The van der Waals surface area contributed by atoms with E-state index in [1.807, 2.05) is 53.4 Å². The number of carbonyl (C=O) groups is 1. The Balaban J connectivity index is 1.19. The molecule has 6 nitrogen and oxygen atoms in total. The Bertz CT molecular complexity index is 1130. The first-order chi connectivity index (χ1) is 16.2. The third-order valence-electron chi connectivity index (χ3n) is 6.65. The lowest BCUT2D eigenvalue weighted by Gasteiger charge is -2.35. The van der Waals surface area contributed by atoms with Crippen LogP contribution in [0.25, 0.3) is 17.4 Å². The Kier molecular flexibility index (Phi) is 6.01. The molecule has 0 N–H and O–H groups in total. The lowest BCUT2D eigenvalue weighted by molar-refractivity contribution is -0.135. The summed E-state index contributed by atoms with van der Waals surface area (Å²) in [6, 6.07) is 19.9. The molecule has 0 atom stereocenters. The van der Waals surface area contributed by atoms with Crippen molar-refractivity contribution >= 4 is 12.0 Å². The van der Waals surface area contributed by atoms with Crippen LogP contribution in [-0.4, -0.2) is 60.7 Å². The zero-order valence-electron chi connectivity index (χ0n) is 18.9. The van der Waals surface area contributed by atoms with Gasteiger partial charge in [0.05, 0.1) is 18.2 Å². The number of ether oxygens (including phenoxy) is 1. The lowest BCUT2D eigenvalue weighted by Crippen LogP contribution is -2.51. The van der Waals surface area contributed by atoms with Gasteiger partial charge in [0.15, 0.2) is 5.76 Å². The SMILES string of the molecule is COc1cccc(-c2cc(C3(C(=O)N4CCN(C/C=C/c5ccccc5)CC4)CC3)no2)c1. The molecule has 33 heavy (non-hydrogen) atoms. The Hall–Kier alpha value is -3.38. The largest absolute Gasteiger partial charge is 0.497 e. The monoisotopic (exact) mass is 443 g/mol. The summed E-state index contributed by atoms with van der Waals surface area (Å²) in [6.45, 7) is 4.17. The van der Waals surface area contributed by atoms with Gasteiger partial charge in [0.1, 0.15) is 5.75 Å². The number of nitrogens with zero attached hydrogens (tertiary/aromatic N) is 3. The summed E-state index contributed by atoms with van der Waals surface area (Å²) in [5.74, 6) is 1.62. The minimum atomic E-state index is -0.518. The van der Waals surface area contributed by atoms with Crippen LogP contribution in [0, 0.1) is 0 Å². The van der Waals surface area contributed by atoms with E-state index in [9.17, 15) is 4.79 Å². The Labute approximate surface area is 194 Å². The molecule has 6 heteroatoms. The average molecular weight is 444 g/mol. The van der Waals surface area contributed by atoms with Gasteiger partial charge in [-0.05, 0) is 30.5 Å². The van der Waals surface area contributed by atoms with Gasteiger partial charge in [-0.3, -0.25) is 9.69 Å². The lowest BCUT2D eigenvalue weighted by atomic mass is 9.99. The molecule has 2 aromatic carbocycles. The standard InChI is InChI=1S/C27H29N3O3/c1-32-23-11-5-10-22(19-23)24-20-25(28-33-24)27(12-13-27)26(31)30-17-15-29(16-18-30)14-6-9-21-7-3-2-4-8-21/h2-11,19-20H,12-18H2,1H3/b9-6+. The number of methoxy groups -OCH3 is 1. The Morgan fingerprint density at radius 3 is 2.58 bits per heavy atom. The molecule has 1 aromatic heterocycles. The van der Waals surface area contributed by atoms with Gasteiger partial charge in [-0.2, -0.15) is 0 Å². The smallest absolute Gasteiger partial charge is 0.235 e. The number of amides is 1. The second-order valence-corrected chi connectivity index (χ2v) is 8.80. The van der Waals surface area contributed by atoms with Crippen LogP contribution in [-0.2, 0) is 10.2 Å². The van der Waals surface area contributed by atoms with Gasteiger partial charge < -0.3 is 14.2 Å². The van der Waals surface area contributed by atoms with Crippen molar-refractivity contribution in [2.24, 2.45) is 0 Å². The van der Waals surface area contributed by atoms with Gasteiger partial charge in [-0.25, -0.2) is 0 Å². The number of rotatable bonds is 7. The first-order valence-electron chi connectivity index (χ1n) is 11.5. The molecule has 1 amide bonds. The molecule has 0 radical (unpaired) electrons. The van der Waals surface area contributed by atoms with Gasteiger partial charge >= 0.3 is 0 Å². The molecular formula is C27H29N3O3. The van der Waals surface area contributed by atoms with E-state index in [-0.39, 0.29) is 5.91 Å². The van der Waals surface area contributed by atoms with E-state index in [0.717, 1.165) is 62.6 Å². The van der Waals surface area contributed by atoms with E-state index in [1.165, 1.54) is 5.56 Å². The van der Waals surface area contributed by atoms with Crippen molar-refractivity contribution in [3.63, 3.8) is 0 Å². The Morgan fingerprint density at radius 2 is 1.85 bits per heavy atom. The highest BCUT2D eigenvalue weighted by atomic mass is 16.5. The van der Waals surface area contributed by atoms with Gasteiger partial charge in [0.25, 0.3) is 0 Å². The predicted octanol–water partition coefficient (Wildman–Crippen LogP) is 4.24. The second kappa shape index (κ2) is 9.24. The summed E-state index contributed by atoms with van der Waals surface area (Å²) in [5.41, 5.74) is 2.34. The van der Waals surface area contributed by atoms with Crippen LogP contribution in [0.4, 0.5) is 0 Å². The molecule has 2 heterocycles. The predicted molar refractivity (Wildman–Crippen MR) is 128 cm³/mol. The average Bonchev–Trinajstić information content (AvgIpc) is 3.53. The quantitative estimate of drug-likeness (QED) is 0.547. The molecule has 1 saturated carbocycles. The molecule has 2 aliphatic rings. The van der Waals surface area contributed by atoms with Crippen LogP contribution in [0.3, 0.4) is 0 Å². The summed E-state index contributed by atoms with van der Waals surface area (Å²) in [6.07, 6.45) is 6.01. The summed E-state index contributed by atoms with van der Waals surface area (Å²) >= 11 is 0. The van der Waals surface area contributed by atoms with Crippen LogP contribution < -0.4 is 4.74 Å². The van der Waals surface area contributed by atoms with Crippen LogP contribution in [0.15, 0.2) is 71.3 Å². The molecule has 2 fully saturated rings. The van der Waals surface area contributed by atoms with E-state index in [2.05, 4.69) is 34.3 Å².